The van der Waals surface area contributed by atoms with Gasteiger partial charge in [0.15, 0.2) is 0 Å². The summed E-state index contributed by atoms with van der Waals surface area (Å²) in [7, 11) is 0. The third-order valence-corrected chi connectivity index (χ3v) is 7.09. The molecule has 174 valence electrons. The highest BCUT2D eigenvalue weighted by Gasteiger charge is 2.35. The number of nitrogens with one attached hydrogen (secondary N) is 2. The van der Waals surface area contributed by atoms with Crippen LogP contribution in [-0.2, 0) is 9.59 Å². The molecule has 3 N–H and O–H groups in total. The Hall–Kier alpha value is -2.72. The van der Waals surface area contributed by atoms with Crippen molar-refractivity contribution in [2.75, 3.05) is 44.6 Å². The van der Waals surface area contributed by atoms with Crippen molar-refractivity contribution in [2.24, 2.45) is 5.92 Å². The van der Waals surface area contributed by atoms with Gasteiger partial charge in [0.1, 0.15) is 4.88 Å². The average molecular weight is 462 g/mol. The number of hydrogen-bond acceptors (Lipinski definition) is 7. The lowest BCUT2D eigenvalue weighted by Gasteiger charge is -2.44. The van der Waals surface area contributed by atoms with Crippen molar-refractivity contribution in [3.63, 3.8) is 0 Å². The summed E-state index contributed by atoms with van der Waals surface area (Å²) in [5.74, 6) is 0.655. The molecule has 3 aliphatic rings. The predicted octanol–water partition coefficient (Wildman–Crippen LogP) is 2.10. The molecule has 2 amide bonds. The standard InChI is InChI=1S/C21H29N5O2S.CH2O2/c1-3-26(4-2)19(27)12-22-15-5-6-16-17(11-15)24-29-20(16)21(28)23-18-13-25-9-7-14(18)8-10-25;2-1-3/h5-6,11,14,18,22H,3-4,7-10,12-13H2,1-2H3,(H,23,28);1H,(H,2,3)/t18-;/m1./s1. The highest BCUT2D eigenvalue weighted by atomic mass is 32.1. The van der Waals surface area contributed by atoms with E-state index in [0.717, 1.165) is 36.2 Å². The number of amides is 2. The summed E-state index contributed by atoms with van der Waals surface area (Å²) >= 11 is 1.25. The largest absolute Gasteiger partial charge is 0.483 e. The number of aromatic nitrogens is 1. The first-order valence-electron chi connectivity index (χ1n) is 11.0. The maximum Gasteiger partial charge on any atom is 0.290 e. The summed E-state index contributed by atoms with van der Waals surface area (Å²) in [6, 6.07) is 5.99. The van der Waals surface area contributed by atoms with Crippen molar-refractivity contribution >= 4 is 46.4 Å². The SMILES string of the molecule is CCN(CC)C(=O)CNc1ccc2c(C(=O)N[C@@H]3CN4CCC3CC4)snc2c1.O=CO. The fourth-order valence-corrected chi connectivity index (χ4v) is 5.20. The summed E-state index contributed by atoms with van der Waals surface area (Å²) < 4.78 is 4.47. The number of hydrogen-bond donors (Lipinski definition) is 3. The van der Waals surface area contributed by atoms with Gasteiger partial charge in [0, 0.05) is 36.7 Å². The minimum Gasteiger partial charge on any atom is -0.483 e. The minimum absolute atomic E-state index is 0.0197. The molecule has 0 unspecified atom stereocenters. The first-order chi connectivity index (χ1) is 15.5. The van der Waals surface area contributed by atoms with E-state index in [1.807, 2.05) is 32.0 Å². The van der Waals surface area contributed by atoms with E-state index in [1.54, 1.807) is 4.90 Å². The predicted molar refractivity (Wildman–Crippen MR) is 125 cm³/mol. The second kappa shape index (κ2) is 11.2. The zero-order valence-corrected chi connectivity index (χ0v) is 19.4. The Balaban J connectivity index is 0.000000913. The van der Waals surface area contributed by atoms with Gasteiger partial charge in [-0.25, -0.2) is 0 Å². The molecule has 3 aliphatic heterocycles. The lowest BCUT2D eigenvalue weighted by molar-refractivity contribution is -0.129. The Bertz CT molecular complexity index is 938. The van der Waals surface area contributed by atoms with E-state index >= 15 is 0 Å². The number of piperidine rings is 3. The van der Waals surface area contributed by atoms with Crippen LogP contribution in [0.25, 0.3) is 10.9 Å². The molecule has 10 heteroatoms. The quantitative estimate of drug-likeness (QED) is 0.541. The van der Waals surface area contributed by atoms with Gasteiger partial charge in [-0.1, -0.05) is 0 Å². The zero-order chi connectivity index (χ0) is 23.1. The van der Waals surface area contributed by atoms with E-state index in [4.69, 9.17) is 9.90 Å². The molecule has 2 bridgehead atoms. The Morgan fingerprint density at radius 3 is 2.56 bits per heavy atom. The van der Waals surface area contributed by atoms with Crippen molar-refractivity contribution in [1.29, 1.82) is 0 Å². The third-order valence-electron chi connectivity index (χ3n) is 6.22. The van der Waals surface area contributed by atoms with Crippen molar-refractivity contribution in [3.05, 3.63) is 23.1 Å². The molecule has 1 aromatic heterocycles. The van der Waals surface area contributed by atoms with Crippen LogP contribution in [0.3, 0.4) is 0 Å². The lowest BCUT2D eigenvalue weighted by Crippen LogP contribution is -2.57. The van der Waals surface area contributed by atoms with Gasteiger partial charge in [-0.05, 0) is 75.4 Å². The van der Waals surface area contributed by atoms with Crippen LogP contribution in [0.15, 0.2) is 18.2 Å². The molecule has 4 heterocycles. The first-order valence-corrected chi connectivity index (χ1v) is 11.8. The van der Waals surface area contributed by atoms with Gasteiger partial charge in [0.05, 0.1) is 12.1 Å². The van der Waals surface area contributed by atoms with E-state index in [0.29, 0.717) is 23.9 Å². The second-order valence-electron chi connectivity index (χ2n) is 7.99. The smallest absolute Gasteiger partial charge is 0.290 e. The van der Waals surface area contributed by atoms with Crippen LogP contribution in [0.1, 0.15) is 36.4 Å². The molecule has 9 nitrogen and oxygen atoms in total. The molecular formula is C22H31N5O4S. The van der Waals surface area contributed by atoms with Crippen molar-refractivity contribution < 1.29 is 19.5 Å². The Kier molecular flexibility index (Phi) is 8.40. The zero-order valence-electron chi connectivity index (χ0n) is 18.5. The molecule has 1 aromatic carbocycles. The number of nitrogens with zero attached hydrogens (tertiary/aromatic N) is 3. The number of carboxylic acid groups (broad SMARTS) is 1. The van der Waals surface area contributed by atoms with E-state index < -0.39 is 0 Å². The highest BCUT2D eigenvalue weighted by Crippen LogP contribution is 2.29. The molecule has 2 aromatic rings. The molecule has 0 radical (unpaired) electrons. The van der Waals surface area contributed by atoms with E-state index in [2.05, 4.69) is 19.9 Å². The van der Waals surface area contributed by atoms with Crippen LogP contribution in [-0.4, -0.2) is 82.9 Å². The van der Waals surface area contributed by atoms with Crippen LogP contribution in [0, 0.1) is 5.92 Å². The normalized spacial score (nSPS) is 21.4. The lowest BCUT2D eigenvalue weighted by atomic mass is 9.84. The number of rotatable bonds is 7. The molecule has 3 fully saturated rings. The molecule has 0 aliphatic carbocycles. The molecular weight excluding hydrogens is 430 g/mol. The summed E-state index contributed by atoms with van der Waals surface area (Å²) in [5.41, 5.74) is 1.63. The number of carbonyl (C=O) groups excluding carboxylic acids is 2. The number of fused-ring (bicyclic) bond motifs is 4. The Morgan fingerprint density at radius 1 is 1.28 bits per heavy atom. The Morgan fingerprint density at radius 2 is 1.97 bits per heavy atom. The van der Waals surface area contributed by atoms with Crippen LogP contribution in [0.2, 0.25) is 0 Å². The van der Waals surface area contributed by atoms with Crippen LogP contribution in [0.4, 0.5) is 5.69 Å². The monoisotopic (exact) mass is 461 g/mol. The van der Waals surface area contributed by atoms with Gasteiger partial charge in [-0.15, -0.1) is 0 Å². The number of carbonyl (C=O) groups is 3. The van der Waals surface area contributed by atoms with Crippen molar-refractivity contribution in [1.82, 2.24) is 19.5 Å². The van der Waals surface area contributed by atoms with Crippen LogP contribution >= 0.6 is 11.5 Å². The maximum absolute atomic E-state index is 12.9. The van der Waals surface area contributed by atoms with Gasteiger partial charge in [0.2, 0.25) is 5.91 Å². The van der Waals surface area contributed by atoms with Crippen LogP contribution < -0.4 is 10.6 Å². The molecule has 5 rings (SSSR count). The van der Waals surface area contributed by atoms with Gasteiger partial charge in [0.25, 0.3) is 12.4 Å². The summed E-state index contributed by atoms with van der Waals surface area (Å²) in [6.07, 6.45) is 2.35. The second-order valence-corrected chi connectivity index (χ2v) is 8.76. The fourth-order valence-electron chi connectivity index (χ4n) is 4.45. The molecule has 1 atom stereocenters. The van der Waals surface area contributed by atoms with Gasteiger partial charge < -0.3 is 25.5 Å². The summed E-state index contributed by atoms with van der Waals surface area (Å²) in [4.78, 5) is 38.3. The van der Waals surface area contributed by atoms with Crippen molar-refractivity contribution in [3.8, 4) is 0 Å². The molecule has 0 spiro atoms. The molecule has 0 saturated carbocycles. The van der Waals surface area contributed by atoms with E-state index in [1.165, 1.54) is 24.4 Å². The van der Waals surface area contributed by atoms with Crippen LogP contribution in [0.5, 0.6) is 0 Å². The highest BCUT2D eigenvalue weighted by molar-refractivity contribution is 7.09. The minimum atomic E-state index is -0.250. The Labute approximate surface area is 191 Å². The van der Waals surface area contributed by atoms with E-state index in [-0.39, 0.29) is 30.9 Å². The maximum atomic E-state index is 12.9. The number of likely N-dealkylation sites (N-methyl/N-ethyl adjacent to an activating group) is 1. The topological polar surface area (TPSA) is 115 Å². The molecule has 3 saturated heterocycles. The average Bonchev–Trinajstić information content (AvgIpc) is 3.23. The van der Waals surface area contributed by atoms with Crippen molar-refractivity contribution in [2.45, 2.75) is 32.7 Å². The first kappa shape index (κ1) is 23.9. The number of anilines is 1. The molecule has 32 heavy (non-hydrogen) atoms. The fraction of sp³-hybridized carbons (Fsp3) is 0.545. The van der Waals surface area contributed by atoms with Gasteiger partial charge >= 0.3 is 0 Å². The van der Waals surface area contributed by atoms with E-state index in [9.17, 15) is 9.59 Å². The van der Waals surface area contributed by atoms with Gasteiger partial charge in [-0.3, -0.25) is 14.4 Å². The van der Waals surface area contributed by atoms with Gasteiger partial charge in [-0.2, -0.15) is 4.37 Å². The third kappa shape index (κ3) is 5.55. The summed E-state index contributed by atoms with van der Waals surface area (Å²) in [5, 5.41) is 14.2. The number of benzene rings is 1. The summed E-state index contributed by atoms with van der Waals surface area (Å²) in [6.45, 7) is 8.66.